The van der Waals surface area contributed by atoms with Gasteiger partial charge in [-0.1, -0.05) is 6.58 Å². The van der Waals surface area contributed by atoms with Crippen molar-refractivity contribution in [3.63, 3.8) is 0 Å². The van der Waals surface area contributed by atoms with E-state index in [0.717, 1.165) is 0 Å². The van der Waals surface area contributed by atoms with Gasteiger partial charge in [0, 0.05) is 0 Å². The molecule has 1 aromatic carbocycles. The molecule has 0 radical (unpaired) electrons. The van der Waals surface area contributed by atoms with Crippen molar-refractivity contribution in [2.75, 3.05) is 13.7 Å². The van der Waals surface area contributed by atoms with Gasteiger partial charge in [0.05, 0.1) is 19.3 Å². The Morgan fingerprint density at radius 3 is 2.33 bits per heavy atom. The van der Waals surface area contributed by atoms with Crippen molar-refractivity contribution < 1.29 is 19.4 Å². The highest BCUT2D eigenvalue weighted by molar-refractivity contribution is 5.89. The van der Waals surface area contributed by atoms with Crippen molar-refractivity contribution in [1.29, 1.82) is 0 Å². The van der Waals surface area contributed by atoms with Crippen LogP contribution in [0.5, 0.6) is 11.5 Å². The van der Waals surface area contributed by atoms with E-state index in [1.807, 2.05) is 0 Å². The van der Waals surface area contributed by atoms with Crippen molar-refractivity contribution in [3.05, 3.63) is 36.4 Å². The number of hydrogen-bond donors (Lipinski definition) is 1. The zero-order chi connectivity index (χ0) is 11.3. The monoisotopic (exact) mass is 208 g/mol. The Balaban J connectivity index is 2.65. The Morgan fingerprint density at radius 1 is 1.33 bits per heavy atom. The number of carbonyl (C=O) groups is 1. The summed E-state index contributed by atoms with van der Waals surface area (Å²) in [5, 5.41) is 8.65. The van der Waals surface area contributed by atoms with Crippen LogP contribution in [0.1, 0.15) is 0 Å². The number of carbonyl (C=O) groups excluding carboxylic acids is 1. The lowest BCUT2D eigenvalue weighted by Crippen LogP contribution is -2.12. The van der Waals surface area contributed by atoms with E-state index in [4.69, 9.17) is 14.6 Å². The zero-order valence-electron chi connectivity index (χ0n) is 8.40. The van der Waals surface area contributed by atoms with Crippen molar-refractivity contribution in [1.82, 2.24) is 0 Å². The highest BCUT2D eigenvalue weighted by Crippen LogP contribution is 2.17. The minimum Gasteiger partial charge on any atom is -0.497 e. The number of methoxy groups -OCH3 is 1. The third-order valence-electron chi connectivity index (χ3n) is 1.75. The highest BCUT2D eigenvalue weighted by Gasteiger charge is 2.08. The van der Waals surface area contributed by atoms with Gasteiger partial charge >= 0.3 is 5.97 Å². The maximum absolute atomic E-state index is 11.2. The summed E-state index contributed by atoms with van der Waals surface area (Å²) in [5.41, 5.74) is 0.0193. The first kappa shape index (κ1) is 11.3. The van der Waals surface area contributed by atoms with Crippen LogP contribution in [0.15, 0.2) is 36.4 Å². The van der Waals surface area contributed by atoms with Gasteiger partial charge in [-0.25, -0.2) is 4.79 Å². The molecule has 1 aromatic rings. The summed E-state index contributed by atoms with van der Waals surface area (Å²) in [5.74, 6) is 0.425. The summed E-state index contributed by atoms with van der Waals surface area (Å²) >= 11 is 0. The summed E-state index contributed by atoms with van der Waals surface area (Å²) in [6.07, 6.45) is 0. The molecule has 80 valence electrons. The second kappa shape index (κ2) is 5.17. The van der Waals surface area contributed by atoms with Gasteiger partial charge in [0.1, 0.15) is 11.5 Å². The molecule has 0 saturated heterocycles. The SMILES string of the molecule is C=C(CO)C(=O)Oc1ccc(OC)cc1. The number of hydrogen-bond acceptors (Lipinski definition) is 4. The second-order valence-corrected chi connectivity index (χ2v) is 2.83. The molecule has 4 heteroatoms. The van der Waals surface area contributed by atoms with E-state index in [1.165, 1.54) is 0 Å². The number of esters is 1. The molecule has 4 nitrogen and oxygen atoms in total. The number of rotatable bonds is 4. The molecule has 0 aliphatic heterocycles. The molecule has 0 amide bonds. The van der Waals surface area contributed by atoms with Crippen LogP contribution >= 0.6 is 0 Å². The molecular weight excluding hydrogens is 196 g/mol. The van der Waals surface area contributed by atoms with E-state index in [0.29, 0.717) is 11.5 Å². The molecule has 0 spiro atoms. The lowest BCUT2D eigenvalue weighted by Gasteiger charge is -2.05. The standard InChI is InChI=1S/C11H12O4/c1-8(7-12)11(13)15-10-5-3-9(14-2)4-6-10/h3-6,12H,1,7H2,2H3. The van der Waals surface area contributed by atoms with Crippen LogP contribution < -0.4 is 9.47 Å². The lowest BCUT2D eigenvalue weighted by atomic mass is 10.3. The van der Waals surface area contributed by atoms with Gasteiger partial charge < -0.3 is 14.6 Å². The van der Waals surface area contributed by atoms with Crippen LogP contribution in [0.3, 0.4) is 0 Å². The molecule has 0 heterocycles. The minimum atomic E-state index is -0.636. The topological polar surface area (TPSA) is 55.8 Å². The van der Waals surface area contributed by atoms with E-state index < -0.39 is 12.6 Å². The van der Waals surface area contributed by atoms with Crippen LogP contribution in [0, 0.1) is 0 Å². The van der Waals surface area contributed by atoms with Gasteiger partial charge in [-0.3, -0.25) is 0 Å². The van der Waals surface area contributed by atoms with Crippen molar-refractivity contribution >= 4 is 5.97 Å². The molecule has 0 bridgehead atoms. The Kier molecular flexibility index (Phi) is 3.88. The fraction of sp³-hybridized carbons (Fsp3) is 0.182. The molecule has 0 fully saturated rings. The maximum atomic E-state index is 11.2. The van der Waals surface area contributed by atoms with Crippen molar-refractivity contribution in [2.24, 2.45) is 0 Å². The normalized spacial score (nSPS) is 9.47. The molecule has 1 rings (SSSR count). The first-order chi connectivity index (χ1) is 7.17. The van der Waals surface area contributed by atoms with Gasteiger partial charge in [0.2, 0.25) is 0 Å². The fourth-order valence-electron chi connectivity index (χ4n) is 0.888. The van der Waals surface area contributed by atoms with Crippen molar-refractivity contribution in [3.8, 4) is 11.5 Å². The number of aliphatic hydroxyl groups is 1. The average Bonchev–Trinajstić information content (AvgIpc) is 2.29. The third kappa shape index (κ3) is 3.11. The number of aliphatic hydroxyl groups excluding tert-OH is 1. The highest BCUT2D eigenvalue weighted by atomic mass is 16.5. The summed E-state index contributed by atoms with van der Waals surface area (Å²) in [6, 6.07) is 6.54. The molecule has 0 aromatic heterocycles. The zero-order valence-corrected chi connectivity index (χ0v) is 8.40. The van der Waals surface area contributed by atoms with Crippen LogP contribution in [0.4, 0.5) is 0 Å². The third-order valence-corrected chi connectivity index (χ3v) is 1.75. The molecule has 15 heavy (non-hydrogen) atoms. The van der Waals surface area contributed by atoms with E-state index in [9.17, 15) is 4.79 Å². The first-order valence-electron chi connectivity index (χ1n) is 4.32. The Hall–Kier alpha value is -1.81. The van der Waals surface area contributed by atoms with Crippen molar-refractivity contribution in [2.45, 2.75) is 0 Å². The predicted octanol–water partition coefficient (Wildman–Crippen LogP) is 1.15. The molecular formula is C11H12O4. The maximum Gasteiger partial charge on any atom is 0.341 e. The van der Waals surface area contributed by atoms with E-state index in [1.54, 1.807) is 31.4 Å². The number of ether oxygens (including phenoxy) is 2. The van der Waals surface area contributed by atoms with Gasteiger partial charge in [0.25, 0.3) is 0 Å². The molecule has 0 saturated carbocycles. The summed E-state index contributed by atoms with van der Waals surface area (Å²) in [4.78, 5) is 11.2. The van der Waals surface area contributed by atoms with Gasteiger partial charge in [-0.15, -0.1) is 0 Å². The Bertz CT molecular complexity index is 353. The smallest absolute Gasteiger partial charge is 0.341 e. The summed E-state index contributed by atoms with van der Waals surface area (Å²) in [6.45, 7) is 2.95. The Morgan fingerprint density at radius 2 is 1.87 bits per heavy atom. The quantitative estimate of drug-likeness (QED) is 0.458. The van der Waals surface area contributed by atoms with Gasteiger partial charge in [0.15, 0.2) is 0 Å². The largest absolute Gasteiger partial charge is 0.497 e. The van der Waals surface area contributed by atoms with E-state index >= 15 is 0 Å². The summed E-state index contributed by atoms with van der Waals surface area (Å²) in [7, 11) is 1.55. The van der Waals surface area contributed by atoms with Crippen LogP contribution in [0.25, 0.3) is 0 Å². The lowest BCUT2D eigenvalue weighted by molar-refractivity contribution is -0.130. The molecule has 0 aliphatic carbocycles. The summed E-state index contributed by atoms with van der Waals surface area (Å²) < 4.78 is 9.86. The average molecular weight is 208 g/mol. The van der Waals surface area contributed by atoms with Crippen LogP contribution in [-0.4, -0.2) is 24.8 Å². The van der Waals surface area contributed by atoms with Gasteiger partial charge in [-0.2, -0.15) is 0 Å². The van der Waals surface area contributed by atoms with E-state index in [-0.39, 0.29) is 5.57 Å². The predicted molar refractivity (Wildman–Crippen MR) is 54.9 cm³/mol. The molecule has 0 atom stereocenters. The van der Waals surface area contributed by atoms with Crippen LogP contribution in [0.2, 0.25) is 0 Å². The first-order valence-corrected chi connectivity index (χ1v) is 4.32. The fourth-order valence-corrected chi connectivity index (χ4v) is 0.888. The molecule has 0 unspecified atom stereocenters. The molecule has 1 N–H and O–H groups in total. The van der Waals surface area contributed by atoms with Crippen LogP contribution in [-0.2, 0) is 4.79 Å². The molecule has 0 aliphatic rings. The van der Waals surface area contributed by atoms with E-state index in [2.05, 4.69) is 6.58 Å². The number of benzene rings is 1. The Labute approximate surface area is 87.7 Å². The second-order valence-electron chi connectivity index (χ2n) is 2.83. The van der Waals surface area contributed by atoms with Gasteiger partial charge in [-0.05, 0) is 24.3 Å². The minimum absolute atomic E-state index is 0.0193.